The highest BCUT2D eigenvalue weighted by molar-refractivity contribution is 7.17. The van der Waals surface area contributed by atoms with Crippen LogP contribution in [0.4, 0.5) is 5.00 Å². The summed E-state index contributed by atoms with van der Waals surface area (Å²) in [5.74, 6) is 0.0772. The Kier molecular flexibility index (Phi) is 5.69. The SMILES string of the molecule is CC(C)(C)C1CCc2c(sc(NC(=O)CN3CCNCC3)c2C(N)=O)C1. The first kappa shape index (κ1) is 19.3. The highest BCUT2D eigenvalue weighted by Crippen LogP contribution is 2.44. The third kappa shape index (κ3) is 4.27. The zero-order chi connectivity index (χ0) is 18.9. The van der Waals surface area contributed by atoms with Gasteiger partial charge in [-0.1, -0.05) is 20.8 Å². The molecule has 1 atom stereocenters. The Morgan fingerprint density at radius 2 is 2.00 bits per heavy atom. The number of primary amides is 1. The number of amides is 2. The summed E-state index contributed by atoms with van der Waals surface area (Å²) in [7, 11) is 0. The second-order valence-corrected chi connectivity index (χ2v) is 9.56. The standard InChI is InChI=1S/C19H30N4O2S/c1-19(2,3)12-4-5-13-14(10-12)26-18(16(13)17(20)25)22-15(24)11-23-8-6-21-7-9-23/h12,21H,4-11H2,1-3H3,(H2,20,25)(H,22,24). The van der Waals surface area contributed by atoms with Crippen LogP contribution in [-0.4, -0.2) is 49.4 Å². The van der Waals surface area contributed by atoms with Crippen LogP contribution in [-0.2, 0) is 17.6 Å². The van der Waals surface area contributed by atoms with E-state index >= 15 is 0 Å². The van der Waals surface area contributed by atoms with Gasteiger partial charge in [-0.05, 0) is 36.2 Å². The predicted octanol–water partition coefficient (Wildman–Crippen LogP) is 1.84. The fourth-order valence-electron chi connectivity index (χ4n) is 3.91. The summed E-state index contributed by atoms with van der Waals surface area (Å²) in [6.07, 6.45) is 2.87. The molecule has 144 valence electrons. The maximum Gasteiger partial charge on any atom is 0.251 e. The zero-order valence-corrected chi connectivity index (χ0v) is 16.8. The Balaban J connectivity index is 1.76. The summed E-state index contributed by atoms with van der Waals surface area (Å²) in [4.78, 5) is 27.9. The molecule has 1 aliphatic heterocycles. The number of hydrogen-bond acceptors (Lipinski definition) is 5. The van der Waals surface area contributed by atoms with E-state index in [-0.39, 0.29) is 11.3 Å². The van der Waals surface area contributed by atoms with Crippen molar-refractivity contribution in [1.82, 2.24) is 10.2 Å². The summed E-state index contributed by atoms with van der Waals surface area (Å²) < 4.78 is 0. The third-order valence-electron chi connectivity index (χ3n) is 5.57. The van der Waals surface area contributed by atoms with Gasteiger partial charge in [-0.15, -0.1) is 11.3 Å². The largest absolute Gasteiger partial charge is 0.365 e. The second kappa shape index (κ2) is 7.66. The predicted molar refractivity (Wildman–Crippen MR) is 106 cm³/mol. The molecule has 26 heavy (non-hydrogen) atoms. The van der Waals surface area contributed by atoms with Crippen LogP contribution in [0.25, 0.3) is 0 Å². The van der Waals surface area contributed by atoms with E-state index in [4.69, 9.17) is 5.73 Å². The molecule has 2 amide bonds. The van der Waals surface area contributed by atoms with E-state index in [9.17, 15) is 9.59 Å². The van der Waals surface area contributed by atoms with Crippen LogP contribution < -0.4 is 16.4 Å². The van der Waals surface area contributed by atoms with Crippen molar-refractivity contribution in [3.63, 3.8) is 0 Å². The van der Waals surface area contributed by atoms with Gasteiger partial charge in [0.05, 0.1) is 12.1 Å². The Morgan fingerprint density at radius 3 is 2.62 bits per heavy atom. The van der Waals surface area contributed by atoms with E-state index in [1.165, 1.54) is 16.2 Å². The molecule has 0 aromatic carbocycles. The van der Waals surface area contributed by atoms with Crippen molar-refractivity contribution in [3.05, 3.63) is 16.0 Å². The van der Waals surface area contributed by atoms with Crippen molar-refractivity contribution >= 4 is 28.2 Å². The Bertz CT molecular complexity index is 686. The van der Waals surface area contributed by atoms with Crippen molar-refractivity contribution < 1.29 is 9.59 Å². The molecule has 2 heterocycles. The monoisotopic (exact) mass is 378 g/mol. The number of hydrogen-bond donors (Lipinski definition) is 3. The molecule has 0 saturated carbocycles. The molecule has 4 N–H and O–H groups in total. The van der Waals surface area contributed by atoms with Crippen LogP contribution in [0.3, 0.4) is 0 Å². The Labute approximate surface area is 159 Å². The summed E-state index contributed by atoms with van der Waals surface area (Å²) >= 11 is 1.54. The average molecular weight is 379 g/mol. The molecule has 1 aromatic rings. The molecule has 3 rings (SSSR count). The first-order valence-electron chi connectivity index (χ1n) is 9.43. The van der Waals surface area contributed by atoms with E-state index in [0.717, 1.165) is 51.0 Å². The lowest BCUT2D eigenvalue weighted by Crippen LogP contribution is -2.46. The molecular weight excluding hydrogens is 348 g/mol. The second-order valence-electron chi connectivity index (χ2n) is 8.45. The van der Waals surface area contributed by atoms with E-state index in [2.05, 4.69) is 36.3 Å². The van der Waals surface area contributed by atoms with Crippen molar-refractivity contribution in [2.45, 2.75) is 40.0 Å². The molecule has 2 aliphatic rings. The van der Waals surface area contributed by atoms with Gasteiger partial charge >= 0.3 is 0 Å². The van der Waals surface area contributed by atoms with Gasteiger partial charge in [0.25, 0.3) is 5.91 Å². The molecule has 1 saturated heterocycles. The molecular formula is C19H30N4O2S. The smallest absolute Gasteiger partial charge is 0.251 e. The fourth-order valence-corrected chi connectivity index (χ4v) is 5.26. The average Bonchev–Trinajstić information content (AvgIpc) is 2.91. The maximum absolute atomic E-state index is 12.5. The van der Waals surface area contributed by atoms with Gasteiger partial charge in [0, 0.05) is 31.1 Å². The molecule has 1 unspecified atom stereocenters. The molecule has 6 nitrogen and oxygen atoms in total. The van der Waals surface area contributed by atoms with Crippen LogP contribution in [0.15, 0.2) is 0 Å². The maximum atomic E-state index is 12.5. The third-order valence-corrected chi connectivity index (χ3v) is 6.74. The number of fused-ring (bicyclic) bond motifs is 1. The summed E-state index contributed by atoms with van der Waals surface area (Å²) in [6.45, 7) is 10.7. The number of rotatable bonds is 4. The fraction of sp³-hybridized carbons (Fsp3) is 0.684. The normalized spacial score (nSPS) is 21.3. The van der Waals surface area contributed by atoms with E-state index in [1.807, 2.05) is 0 Å². The Morgan fingerprint density at radius 1 is 1.31 bits per heavy atom. The van der Waals surface area contributed by atoms with Crippen LogP contribution in [0, 0.1) is 11.3 Å². The number of nitrogens with one attached hydrogen (secondary N) is 2. The molecule has 0 spiro atoms. The van der Waals surface area contributed by atoms with Crippen LogP contribution in [0.1, 0.15) is 48.0 Å². The van der Waals surface area contributed by atoms with Gasteiger partial charge in [0.2, 0.25) is 5.91 Å². The lowest BCUT2D eigenvalue weighted by molar-refractivity contribution is -0.117. The highest BCUT2D eigenvalue weighted by atomic mass is 32.1. The number of carbonyl (C=O) groups is 2. The van der Waals surface area contributed by atoms with Gasteiger partial charge < -0.3 is 16.4 Å². The molecule has 7 heteroatoms. The Hall–Kier alpha value is -1.44. The molecule has 0 bridgehead atoms. The van der Waals surface area contributed by atoms with Crippen molar-refractivity contribution in [3.8, 4) is 0 Å². The zero-order valence-electron chi connectivity index (χ0n) is 16.0. The minimum absolute atomic E-state index is 0.0691. The van der Waals surface area contributed by atoms with Gasteiger partial charge in [-0.3, -0.25) is 14.5 Å². The van der Waals surface area contributed by atoms with Gasteiger partial charge in [0.1, 0.15) is 5.00 Å². The minimum Gasteiger partial charge on any atom is -0.365 e. The van der Waals surface area contributed by atoms with Crippen LogP contribution in [0.2, 0.25) is 0 Å². The lowest BCUT2D eigenvalue weighted by Gasteiger charge is -2.33. The topological polar surface area (TPSA) is 87.5 Å². The number of thiophene rings is 1. The molecule has 1 aliphatic carbocycles. The summed E-state index contributed by atoms with van der Waals surface area (Å²) in [6, 6.07) is 0. The first-order chi connectivity index (χ1) is 12.3. The van der Waals surface area contributed by atoms with Gasteiger partial charge in [0.15, 0.2) is 0 Å². The van der Waals surface area contributed by atoms with Gasteiger partial charge in [-0.25, -0.2) is 0 Å². The van der Waals surface area contributed by atoms with Crippen LogP contribution in [0.5, 0.6) is 0 Å². The summed E-state index contributed by atoms with van der Waals surface area (Å²) in [5, 5.41) is 6.88. The number of nitrogens with two attached hydrogens (primary N) is 1. The highest BCUT2D eigenvalue weighted by Gasteiger charge is 2.33. The van der Waals surface area contributed by atoms with Gasteiger partial charge in [-0.2, -0.15) is 0 Å². The minimum atomic E-state index is -0.436. The van der Waals surface area contributed by atoms with Crippen molar-refractivity contribution in [2.24, 2.45) is 17.1 Å². The molecule has 1 fully saturated rings. The summed E-state index contributed by atoms with van der Waals surface area (Å²) in [5.41, 5.74) is 7.49. The number of nitrogens with zero attached hydrogens (tertiary/aromatic N) is 1. The van der Waals surface area contributed by atoms with E-state index in [1.54, 1.807) is 0 Å². The van der Waals surface area contributed by atoms with E-state index < -0.39 is 5.91 Å². The van der Waals surface area contributed by atoms with Crippen molar-refractivity contribution in [1.29, 1.82) is 0 Å². The quantitative estimate of drug-likeness (QED) is 0.746. The molecule has 1 aromatic heterocycles. The number of carbonyl (C=O) groups excluding carboxylic acids is 2. The van der Waals surface area contributed by atoms with E-state index in [0.29, 0.717) is 23.0 Å². The number of piperazine rings is 1. The molecule has 0 radical (unpaired) electrons. The number of anilines is 1. The lowest BCUT2D eigenvalue weighted by atomic mass is 9.72. The first-order valence-corrected chi connectivity index (χ1v) is 10.2. The van der Waals surface area contributed by atoms with Crippen LogP contribution >= 0.6 is 11.3 Å². The van der Waals surface area contributed by atoms with Crippen molar-refractivity contribution in [2.75, 3.05) is 38.0 Å².